The summed E-state index contributed by atoms with van der Waals surface area (Å²) in [5.41, 5.74) is 0.988. The fraction of sp³-hybridized carbons (Fsp3) is 0.286. The van der Waals surface area contributed by atoms with Crippen LogP contribution < -0.4 is 5.32 Å². The van der Waals surface area contributed by atoms with Crippen molar-refractivity contribution in [1.82, 2.24) is 10.2 Å². The molecule has 0 aliphatic carbocycles. The molecule has 6 heteroatoms. The van der Waals surface area contributed by atoms with E-state index in [1.807, 2.05) is 0 Å². The van der Waals surface area contributed by atoms with Gasteiger partial charge in [-0.3, -0.25) is 9.59 Å². The first-order valence-corrected chi connectivity index (χ1v) is 6.07. The number of likely N-dealkylation sites (N-methyl/N-ethyl adjacent to an activating group) is 1. The summed E-state index contributed by atoms with van der Waals surface area (Å²) in [5.74, 6) is -1.01. The van der Waals surface area contributed by atoms with Crippen LogP contribution in [0.3, 0.4) is 0 Å². The van der Waals surface area contributed by atoms with Gasteiger partial charge in [0.15, 0.2) is 5.76 Å². The van der Waals surface area contributed by atoms with E-state index >= 15 is 0 Å². The summed E-state index contributed by atoms with van der Waals surface area (Å²) in [6.07, 6.45) is 0. The molecule has 0 saturated heterocycles. The van der Waals surface area contributed by atoms with Crippen LogP contribution in [-0.4, -0.2) is 37.4 Å². The maximum Gasteiger partial charge on any atom is 0.287 e. The van der Waals surface area contributed by atoms with Gasteiger partial charge in [0.05, 0.1) is 6.54 Å². The molecule has 0 radical (unpaired) electrons. The first kappa shape index (κ1) is 14.0. The van der Waals surface area contributed by atoms with E-state index in [-0.39, 0.29) is 18.2 Å². The van der Waals surface area contributed by atoms with Gasteiger partial charge in [0.2, 0.25) is 5.91 Å². The molecule has 1 aromatic heterocycles. The van der Waals surface area contributed by atoms with Gasteiger partial charge in [-0.05, 0) is 25.1 Å². The fourth-order valence-corrected chi connectivity index (χ4v) is 1.80. The van der Waals surface area contributed by atoms with Crippen LogP contribution in [0.4, 0.5) is 4.39 Å². The number of rotatable bonds is 3. The summed E-state index contributed by atoms with van der Waals surface area (Å²) >= 11 is 0. The highest BCUT2D eigenvalue weighted by atomic mass is 19.1. The maximum atomic E-state index is 13.2. The molecule has 0 saturated carbocycles. The third-order valence-corrected chi connectivity index (χ3v) is 3.00. The summed E-state index contributed by atoms with van der Waals surface area (Å²) < 4.78 is 18.6. The molecule has 2 amide bonds. The number of carbonyl (C=O) groups is 2. The van der Waals surface area contributed by atoms with Crippen molar-refractivity contribution in [3.63, 3.8) is 0 Å². The lowest BCUT2D eigenvalue weighted by Crippen LogP contribution is -2.36. The minimum atomic E-state index is -0.491. The summed E-state index contributed by atoms with van der Waals surface area (Å²) in [4.78, 5) is 24.8. The van der Waals surface area contributed by atoms with Crippen molar-refractivity contribution < 1.29 is 18.4 Å². The topological polar surface area (TPSA) is 62.6 Å². The molecule has 0 spiro atoms. The second-order valence-corrected chi connectivity index (χ2v) is 4.67. The van der Waals surface area contributed by atoms with Crippen LogP contribution >= 0.6 is 0 Å². The lowest BCUT2D eigenvalue weighted by molar-refractivity contribution is -0.127. The van der Waals surface area contributed by atoms with Crippen LogP contribution in [0.5, 0.6) is 0 Å². The summed E-state index contributed by atoms with van der Waals surface area (Å²) in [6, 6.07) is 4.05. The van der Waals surface area contributed by atoms with Gasteiger partial charge in [-0.25, -0.2) is 4.39 Å². The number of aryl methyl sites for hydroxylation is 1. The van der Waals surface area contributed by atoms with E-state index in [0.717, 1.165) is 0 Å². The average molecular weight is 278 g/mol. The zero-order valence-electron chi connectivity index (χ0n) is 11.5. The highest BCUT2D eigenvalue weighted by molar-refractivity contribution is 6.00. The molecule has 0 aliphatic rings. The molecule has 2 rings (SSSR count). The summed E-state index contributed by atoms with van der Waals surface area (Å²) in [6.45, 7) is 1.56. The quantitative estimate of drug-likeness (QED) is 0.929. The molecule has 106 valence electrons. The molecule has 0 fully saturated rings. The first-order valence-electron chi connectivity index (χ1n) is 6.07. The van der Waals surface area contributed by atoms with E-state index < -0.39 is 11.7 Å². The van der Waals surface area contributed by atoms with Gasteiger partial charge in [-0.1, -0.05) is 0 Å². The van der Waals surface area contributed by atoms with Crippen molar-refractivity contribution in [1.29, 1.82) is 0 Å². The van der Waals surface area contributed by atoms with Crippen LogP contribution in [0, 0.1) is 12.7 Å². The largest absolute Gasteiger partial charge is 0.451 e. The van der Waals surface area contributed by atoms with E-state index in [9.17, 15) is 14.0 Å². The Kier molecular flexibility index (Phi) is 3.74. The van der Waals surface area contributed by atoms with Gasteiger partial charge in [-0.15, -0.1) is 0 Å². The van der Waals surface area contributed by atoms with Crippen molar-refractivity contribution in [3.8, 4) is 0 Å². The second kappa shape index (κ2) is 5.32. The molecule has 1 aromatic carbocycles. The molecule has 0 aliphatic heterocycles. The average Bonchev–Trinajstić information content (AvgIpc) is 2.73. The van der Waals surface area contributed by atoms with E-state index in [1.54, 1.807) is 21.0 Å². The number of amides is 2. The lowest BCUT2D eigenvalue weighted by Gasteiger charge is -2.10. The van der Waals surface area contributed by atoms with E-state index in [2.05, 4.69) is 5.32 Å². The van der Waals surface area contributed by atoms with Gasteiger partial charge < -0.3 is 14.6 Å². The smallest absolute Gasteiger partial charge is 0.287 e. The van der Waals surface area contributed by atoms with Crippen molar-refractivity contribution in [2.75, 3.05) is 20.6 Å². The standard InChI is InChI=1S/C14H15FN2O3/c1-8-10-6-9(15)4-5-11(10)20-13(8)14(19)16-7-12(18)17(2)3/h4-6H,7H2,1-3H3,(H,16,19). The third kappa shape index (κ3) is 2.64. The Hall–Kier alpha value is -2.37. The Morgan fingerprint density at radius 1 is 1.35 bits per heavy atom. The third-order valence-electron chi connectivity index (χ3n) is 3.00. The zero-order valence-corrected chi connectivity index (χ0v) is 11.5. The lowest BCUT2D eigenvalue weighted by atomic mass is 10.1. The minimum absolute atomic E-state index is 0.0946. The van der Waals surface area contributed by atoms with E-state index in [0.29, 0.717) is 16.5 Å². The van der Waals surface area contributed by atoms with Crippen LogP contribution in [0.1, 0.15) is 16.1 Å². The Balaban J connectivity index is 2.22. The Labute approximate surface area is 115 Å². The molecule has 0 unspecified atom stereocenters. The van der Waals surface area contributed by atoms with Gasteiger partial charge in [-0.2, -0.15) is 0 Å². The SMILES string of the molecule is Cc1c(C(=O)NCC(=O)N(C)C)oc2ccc(F)cc12. The Morgan fingerprint density at radius 3 is 2.70 bits per heavy atom. The van der Waals surface area contributed by atoms with Crippen molar-refractivity contribution in [2.24, 2.45) is 0 Å². The number of carbonyl (C=O) groups excluding carboxylic acids is 2. The van der Waals surface area contributed by atoms with Crippen molar-refractivity contribution >= 4 is 22.8 Å². The number of hydrogen-bond donors (Lipinski definition) is 1. The first-order chi connectivity index (χ1) is 9.40. The molecular weight excluding hydrogens is 263 g/mol. The molecule has 5 nitrogen and oxygen atoms in total. The molecule has 0 atom stereocenters. The predicted molar refractivity (Wildman–Crippen MR) is 71.9 cm³/mol. The Morgan fingerprint density at radius 2 is 2.05 bits per heavy atom. The molecule has 2 aromatic rings. The maximum absolute atomic E-state index is 13.2. The zero-order chi connectivity index (χ0) is 14.9. The molecule has 0 bridgehead atoms. The molecule has 1 N–H and O–H groups in total. The van der Waals surface area contributed by atoms with Crippen LogP contribution in [0.25, 0.3) is 11.0 Å². The van der Waals surface area contributed by atoms with Crippen LogP contribution in [0.2, 0.25) is 0 Å². The normalized spacial score (nSPS) is 10.6. The number of furan rings is 1. The molecular formula is C14H15FN2O3. The second-order valence-electron chi connectivity index (χ2n) is 4.67. The monoisotopic (exact) mass is 278 g/mol. The highest BCUT2D eigenvalue weighted by Crippen LogP contribution is 2.25. The number of fused-ring (bicyclic) bond motifs is 1. The molecule has 1 heterocycles. The van der Waals surface area contributed by atoms with Crippen molar-refractivity contribution in [3.05, 3.63) is 35.3 Å². The number of nitrogens with zero attached hydrogens (tertiary/aromatic N) is 1. The van der Waals surface area contributed by atoms with Gasteiger partial charge in [0.25, 0.3) is 5.91 Å². The fourth-order valence-electron chi connectivity index (χ4n) is 1.80. The van der Waals surface area contributed by atoms with Gasteiger partial charge in [0.1, 0.15) is 11.4 Å². The summed E-state index contributed by atoms with van der Waals surface area (Å²) in [7, 11) is 3.20. The predicted octanol–water partition coefficient (Wildman–Crippen LogP) is 1.70. The van der Waals surface area contributed by atoms with Crippen LogP contribution in [-0.2, 0) is 4.79 Å². The number of benzene rings is 1. The Bertz CT molecular complexity index is 676. The van der Waals surface area contributed by atoms with Crippen LogP contribution in [0.15, 0.2) is 22.6 Å². The number of halogens is 1. The highest BCUT2D eigenvalue weighted by Gasteiger charge is 2.18. The van der Waals surface area contributed by atoms with Gasteiger partial charge >= 0.3 is 0 Å². The molecule has 20 heavy (non-hydrogen) atoms. The summed E-state index contributed by atoms with van der Waals surface area (Å²) in [5, 5.41) is 3.03. The van der Waals surface area contributed by atoms with E-state index in [4.69, 9.17) is 4.42 Å². The number of nitrogens with one attached hydrogen (secondary N) is 1. The van der Waals surface area contributed by atoms with E-state index in [1.165, 1.54) is 23.1 Å². The van der Waals surface area contributed by atoms with Crippen molar-refractivity contribution in [2.45, 2.75) is 6.92 Å². The minimum Gasteiger partial charge on any atom is -0.451 e. The van der Waals surface area contributed by atoms with Gasteiger partial charge in [0, 0.05) is 25.0 Å². The number of hydrogen-bond acceptors (Lipinski definition) is 3.